The van der Waals surface area contributed by atoms with Crippen LogP contribution in [0.5, 0.6) is 0 Å². The molecular formula is C16H16ClFN2O. The molecule has 0 aliphatic carbocycles. The largest absolute Gasteiger partial charge is 0.338 e. The van der Waals surface area contributed by atoms with Crippen LogP contribution in [-0.2, 0) is 6.42 Å². The zero-order valence-corrected chi connectivity index (χ0v) is 12.4. The fourth-order valence-corrected chi connectivity index (χ4v) is 2.06. The molecule has 0 aliphatic rings. The molecule has 0 unspecified atom stereocenters. The van der Waals surface area contributed by atoms with Crippen molar-refractivity contribution in [1.82, 2.24) is 5.32 Å². The van der Waals surface area contributed by atoms with E-state index >= 15 is 0 Å². The maximum absolute atomic E-state index is 12.8. The van der Waals surface area contributed by atoms with Gasteiger partial charge < -0.3 is 10.6 Å². The van der Waals surface area contributed by atoms with Crippen LogP contribution >= 0.6 is 11.6 Å². The second-order valence-electron chi connectivity index (χ2n) is 4.67. The van der Waals surface area contributed by atoms with Crippen LogP contribution in [0.4, 0.5) is 14.9 Å². The number of amides is 2. The van der Waals surface area contributed by atoms with Crippen LogP contribution in [-0.4, -0.2) is 12.6 Å². The van der Waals surface area contributed by atoms with Gasteiger partial charge in [0.1, 0.15) is 5.82 Å². The van der Waals surface area contributed by atoms with Crippen molar-refractivity contribution in [1.29, 1.82) is 0 Å². The highest BCUT2D eigenvalue weighted by Gasteiger charge is 2.06. The topological polar surface area (TPSA) is 41.1 Å². The third-order valence-electron chi connectivity index (χ3n) is 3.13. The SMILES string of the molecule is Cc1c(Cl)cccc1NC(=O)NCCc1ccc(F)cc1. The molecule has 0 atom stereocenters. The Bertz CT molecular complexity index is 629. The number of hydrogen-bond donors (Lipinski definition) is 2. The van der Waals surface area contributed by atoms with E-state index < -0.39 is 0 Å². The standard InChI is InChI=1S/C16H16ClFN2O/c1-11-14(17)3-2-4-15(11)20-16(21)19-10-9-12-5-7-13(18)8-6-12/h2-8H,9-10H2,1H3,(H2,19,20,21). The molecule has 21 heavy (non-hydrogen) atoms. The van der Waals surface area contributed by atoms with Crippen molar-refractivity contribution in [3.8, 4) is 0 Å². The van der Waals surface area contributed by atoms with Gasteiger partial charge in [0, 0.05) is 17.3 Å². The molecule has 0 aromatic heterocycles. The molecule has 0 saturated heterocycles. The molecule has 0 bridgehead atoms. The van der Waals surface area contributed by atoms with Gasteiger partial charge in [-0.15, -0.1) is 0 Å². The number of nitrogens with one attached hydrogen (secondary N) is 2. The maximum Gasteiger partial charge on any atom is 0.319 e. The molecular weight excluding hydrogens is 291 g/mol. The van der Waals surface area contributed by atoms with Gasteiger partial charge in [-0.2, -0.15) is 0 Å². The third-order valence-corrected chi connectivity index (χ3v) is 3.54. The summed E-state index contributed by atoms with van der Waals surface area (Å²) >= 11 is 5.99. The summed E-state index contributed by atoms with van der Waals surface area (Å²) in [6.07, 6.45) is 0.641. The van der Waals surface area contributed by atoms with Gasteiger partial charge in [0.05, 0.1) is 0 Å². The number of carbonyl (C=O) groups is 1. The van der Waals surface area contributed by atoms with Gasteiger partial charge in [0.2, 0.25) is 0 Å². The Labute approximate surface area is 128 Å². The van der Waals surface area contributed by atoms with E-state index in [1.54, 1.807) is 30.3 Å². The lowest BCUT2D eigenvalue weighted by Crippen LogP contribution is -2.30. The molecule has 3 nitrogen and oxygen atoms in total. The van der Waals surface area contributed by atoms with Gasteiger partial charge in [-0.25, -0.2) is 9.18 Å². The van der Waals surface area contributed by atoms with Crippen molar-refractivity contribution in [2.45, 2.75) is 13.3 Å². The first-order valence-electron chi connectivity index (χ1n) is 6.60. The molecule has 0 fully saturated rings. The van der Waals surface area contributed by atoms with Crippen LogP contribution in [0.15, 0.2) is 42.5 Å². The molecule has 5 heteroatoms. The minimum absolute atomic E-state index is 0.263. The molecule has 2 N–H and O–H groups in total. The molecule has 2 aromatic carbocycles. The molecule has 2 rings (SSSR count). The normalized spacial score (nSPS) is 10.2. The van der Waals surface area contributed by atoms with Gasteiger partial charge in [-0.1, -0.05) is 29.8 Å². The minimum Gasteiger partial charge on any atom is -0.338 e. The van der Waals surface area contributed by atoms with Crippen LogP contribution in [0.1, 0.15) is 11.1 Å². The first-order chi connectivity index (χ1) is 10.1. The van der Waals surface area contributed by atoms with Gasteiger partial charge in [-0.05, 0) is 48.7 Å². The van der Waals surface area contributed by atoms with E-state index in [2.05, 4.69) is 10.6 Å². The highest BCUT2D eigenvalue weighted by Crippen LogP contribution is 2.22. The number of benzene rings is 2. The van der Waals surface area contributed by atoms with Gasteiger partial charge >= 0.3 is 6.03 Å². The zero-order valence-electron chi connectivity index (χ0n) is 11.6. The van der Waals surface area contributed by atoms with E-state index in [9.17, 15) is 9.18 Å². The number of hydrogen-bond acceptors (Lipinski definition) is 1. The minimum atomic E-state index is -0.289. The lowest BCUT2D eigenvalue weighted by atomic mass is 10.1. The number of urea groups is 1. The molecule has 110 valence electrons. The highest BCUT2D eigenvalue weighted by molar-refractivity contribution is 6.31. The molecule has 0 aliphatic heterocycles. The monoisotopic (exact) mass is 306 g/mol. The van der Waals surface area contributed by atoms with E-state index in [4.69, 9.17) is 11.6 Å². The van der Waals surface area contributed by atoms with Crippen LogP contribution in [0.3, 0.4) is 0 Å². The van der Waals surface area contributed by atoms with Gasteiger partial charge in [-0.3, -0.25) is 0 Å². The fraction of sp³-hybridized carbons (Fsp3) is 0.188. The number of carbonyl (C=O) groups excluding carboxylic acids is 1. The molecule has 0 heterocycles. The Morgan fingerprint density at radius 1 is 1.19 bits per heavy atom. The van der Waals surface area contributed by atoms with Crippen molar-refractivity contribution < 1.29 is 9.18 Å². The van der Waals surface area contributed by atoms with Crippen molar-refractivity contribution >= 4 is 23.3 Å². The van der Waals surface area contributed by atoms with Crippen molar-refractivity contribution in [2.75, 3.05) is 11.9 Å². The summed E-state index contributed by atoms with van der Waals surface area (Å²) < 4.78 is 12.8. The smallest absolute Gasteiger partial charge is 0.319 e. The zero-order chi connectivity index (χ0) is 15.2. The van der Waals surface area contributed by atoms with E-state index in [1.165, 1.54) is 12.1 Å². The number of rotatable bonds is 4. The summed E-state index contributed by atoms with van der Waals surface area (Å²) in [4.78, 5) is 11.8. The molecule has 0 spiro atoms. The van der Waals surface area contributed by atoms with E-state index in [1.807, 2.05) is 6.92 Å². The average Bonchev–Trinajstić information content (AvgIpc) is 2.46. The molecule has 2 aromatic rings. The molecule has 0 radical (unpaired) electrons. The maximum atomic E-state index is 12.8. The van der Waals surface area contributed by atoms with Gasteiger partial charge in [0.25, 0.3) is 0 Å². The average molecular weight is 307 g/mol. The van der Waals surface area contributed by atoms with Crippen molar-refractivity contribution in [3.05, 3.63) is 64.4 Å². The Kier molecular flexibility index (Phi) is 5.17. The van der Waals surface area contributed by atoms with E-state index in [0.717, 1.165) is 11.1 Å². The van der Waals surface area contributed by atoms with Crippen LogP contribution in [0, 0.1) is 12.7 Å². The first kappa shape index (κ1) is 15.3. The number of halogens is 2. The summed E-state index contributed by atoms with van der Waals surface area (Å²) in [6.45, 7) is 2.31. The number of anilines is 1. The summed E-state index contributed by atoms with van der Waals surface area (Å²) in [7, 11) is 0. The summed E-state index contributed by atoms with van der Waals surface area (Å²) in [5, 5.41) is 6.12. The summed E-state index contributed by atoms with van der Waals surface area (Å²) in [5.41, 5.74) is 2.48. The van der Waals surface area contributed by atoms with Crippen molar-refractivity contribution in [3.63, 3.8) is 0 Å². The van der Waals surface area contributed by atoms with Crippen molar-refractivity contribution in [2.24, 2.45) is 0 Å². The lowest BCUT2D eigenvalue weighted by molar-refractivity contribution is 0.252. The third kappa shape index (κ3) is 4.46. The van der Waals surface area contributed by atoms with Crippen LogP contribution < -0.4 is 10.6 Å². The Morgan fingerprint density at radius 3 is 2.62 bits per heavy atom. The Balaban J connectivity index is 1.82. The summed E-state index contributed by atoms with van der Waals surface area (Å²) in [5.74, 6) is -0.263. The summed E-state index contributed by atoms with van der Waals surface area (Å²) in [6, 6.07) is 11.3. The Morgan fingerprint density at radius 2 is 1.90 bits per heavy atom. The molecule has 2 amide bonds. The second kappa shape index (κ2) is 7.09. The van der Waals surface area contributed by atoms with Crippen LogP contribution in [0.25, 0.3) is 0 Å². The highest BCUT2D eigenvalue weighted by atomic mass is 35.5. The predicted molar refractivity (Wildman–Crippen MR) is 83.3 cm³/mol. The van der Waals surface area contributed by atoms with Crippen LogP contribution in [0.2, 0.25) is 5.02 Å². The van der Waals surface area contributed by atoms with E-state index in [0.29, 0.717) is 23.7 Å². The predicted octanol–water partition coefficient (Wildman–Crippen LogP) is 4.15. The van der Waals surface area contributed by atoms with Gasteiger partial charge in [0.15, 0.2) is 0 Å². The quantitative estimate of drug-likeness (QED) is 0.875. The lowest BCUT2D eigenvalue weighted by Gasteiger charge is -2.10. The first-order valence-corrected chi connectivity index (χ1v) is 6.98. The second-order valence-corrected chi connectivity index (χ2v) is 5.08. The Hall–Kier alpha value is -2.07. The fourth-order valence-electron chi connectivity index (χ4n) is 1.88. The van der Waals surface area contributed by atoms with E-state index in [-0.39, 0.29) is 11.8 Å². The molecule has 0 saturated carbocycles.